The smallest absolute Gasteiger partial charge is 0.306 e. The van der Waals surface area contributed by atoms with E-state index in [1.807, 2.05) is 21.1 Å². The number of rotatable bonds is 40. The van der Waals surface area contributed by atoms with Crippen LogP contribution in [0.4, 0.5) is 0 Å². The molecular weight excluding hydrogens is 734 g/mol. The van der Waals surface area contributed by atoms with Crippen LogP contribution in [0.15, 0.2) is 85.1 Å². The summed E-state index contributed by atoms with van der Waals surface area (Å²) in [6.07, 6.45) is 53.1. The quantitative estimate of drug-likeness (QED) is 0.0200. The molecule has 2 unspecified atom stereocenters. The highest BCUT2D eigenvalue weighted by Gasteiger charge is 2.20. The first-order chi connectivity index (χ1) is 27.6. The standard InChI is InChI=1S/C48H84NO7P/c1-6-8-10-12-14-16-18-20-22-23-24-25-26-28-30-32-34-36-38-40-43-53-45-47(46-55-57(51,52)54-44-42-49(3,4)5)56-48(50)41-39-37-35-33-31-29-27-21-19-17-15-13-11-9-7-2/h9,11,14-17,20-22,24-25,27,31,33,47H,6-8,10,12-13,18-19,23,26,28-30,32,34-46H2,1-5H3/b11-9-,16-14-,17-15-,22-20-,25-24-,27-21-,33-31-. The molecule has 0 fully saturated rings. The summed E-state index contributed by atoms with van der Waals surface area (Å²) in [6, 6.07) is 0. The maximum atomic E-state index is 12.7. The topological polar surface area (TPSA) is 94.1 Å². The zero-order chi connectivity index (χ0) is 42.0. The predicted molar refractivity (Wildman–Crippen MR) is 240 cm³/mol. The highest BCUT2D eigenvalue weighted by molar-refractivity contribution is 7.45. The van der Waals surface area contributed by atoms with Crippen LogP contribution >= 0.6 is 7.82 Å². The van der Waals surface area contributed by atoms with Gasteiger partial charge in [-0.2, -0.15) is 0 Å². The number of hydrogen-bond acceptors (Lipinski definition) is 7. The lowest BCUT2D eigenvalue weighted by Gasteiger charge is -2.28. The maximum Gasteiger partial charge on any atom is 0.306 e. The third kappa shape index (κ3) is 44.6. The molecule has 8 nitrogen and oxygen atoms in total. The van der Waals surface area contributed by atoms with Crippen molar-refractivity contribution in [1.29, 1.82) is 0 Å². The van der Waals surface area contributed by atoms with E-state index in [9.17, 15) is 14.3 Å². The van der Waals surface area contributed by atoms with Crippen molar-refractivity contribution in [2.75, 3.05) is 54.1 Å². The lowest BCUT2D eigenvalue weighted by Crippen LogP contribution is -2.37. The number of likely N-dealkylation sites (N-methyl/N-ethyl adjacent to an activating group) is 1. The van der Waals surface area contributed by atoms with Gasteiger partial charge in [0, 0.05) is 13.0 Å². The normalized spacial score (nSPS) is 14.6. The van der Waals surface area contributed by atoms with Gasteiger partial charge in [0.05, 0.1) is 34.4 Å². The molecule has 0 radical (unpaired) electrons. The summed E-state index contributed by atoms with van der Waals surface area (Å²) in [5, 5.41) is 0. The molecule has 328 valence electrons. The van der Waals surface area contributed by atoms with Gasteiger partial charge in [0.1, 0.15) is 19.3 Å². The van der Waals surface area contributed by atoms with Crippen LogP contribution in [0.2, 0.25) is 0 Å². The molecule has 0 aromatic carbocycles. The summed E-state index contributed by atoms with van der Waals surface area (Å²) in [7, 11) is 1.31. The van der Waals surface area contributed by atoms with Crippen molar-refractivity contribution in [2.24, 2.45) is 0 Å². The molecular formula is C48H84NO7P. The van der Waals surface area contributed by atoms with Gasteiger partial charge in [-0.15, -0.1) is 0 Å². The summed E-state index contributed by atoms with van der Waals surface area (Å²) < 4.78 is 34.5. The van der Waals surface area contributed by atoms with Gasteiger partial charge >= 0.3 is 5.97 Å². The molecule has 0 saturated carbocycles. The Balaban J connectivity index is 4.32. The Labute approximate surface area is 350 Å². The molecule has 0 aliphatic heterocycles. The molecule has 0 aliphatic carbocycles. The van der Waals surface area contributed by atoms with Crippen molar-refractivity contribution in [3.63, 3.8) is 0 Å². The number of phosphoric ester groups is 1. The monoisotopic (exact) mass is 818 g/mol. The molecule has 0 saturated heterocycles. The van der Waals surface area contributed by atoms with Gasteiger partial charge in [0.25, 0.3) is 7.82 Å². The van der Waals surface area contributed by atoms with Gasteiger partial charge in [0.2, 0.25) is 0 Å². The Hall–Kier alpha value is -2.32. The number of carbonyl (C=O) groups excluding carboxylic acids is 1. The molecule has 0 rings (SSSR count). The average molecular weight is 818 g/mol. The van der Waals surface area contributed by atoms with E-state index in [1.165, 1.54) is 51.4 Å². The summed E-state index contributed by atoms with van der Waals surface area (Å²) in [6.45, 7) is 5.16. The molecule has 0 bridgehead atoms. The number of phosphoric acid groups is 1. The van der Waals surface area contributed by atoms with Crippen molar-refractivity contribution >= 4 is 13.8 Å². The molecule has 0 aromatic rings. The Morgan fingerprint density at radius 1 is 0.561 bits per heavy atom. The largest absolute Gasteiger partial charge is 0.756 e. The van der Waals surface area contributed by atoms with Gasteiger partial charge in [-0.1, -0.05) is 144 Å². The van der Waals surface area contributed by atoms with Gasteiger partial charge in [-0.05, 0) is 89.9 Å². The van der Waals surface area contributed by atoms with Crippen LogP contribution in [0.25, 0.3) is 0 Å². The fourth-order valence-electron chi connectivity index (χ4n) is 5.48. The summed E-state index contributed by atoms with van der Waals surface area (Å²) in [5.74, 6) is -0.382. The van der Waals surface area contributed by atoms with E-state index >= 15 is 0 Å². The molecule has 57 heavy (non-hydrogen) atoms. The van der Waals surface area contributed by atoms with Crippen LogP contribution in [0.3, 0.4) is 0 Å². The molecule has 0 spiro atoms. The van der Waals surface area contributed by atoms with E-state index in [4.69, 9.17) is 18.5 Å². The predicted octanol–water partition coefficient (Wildman–Crippen LogP) is 12.6. The van der Waals surface area contributed by atoms with Crippen LogP contribution in [0, 0.1) is 0 Å². The second-order valence-electron chi connectivity index (χ2n) is 15.7. The zero-order valence-corrected chi connectivity index (χ0v) is 37.9. The van der Waals surface area contributed by atoms with E-state index in [0.717, 1.165) is 77.0 Å². The van der Waals surface area contributed by atoms with Crippen LogP contribution < -0.4 is 4.89 Å². The van der Waals surface area contributed by atoms with Crippen molar-refractivity contribution < 1.29 is 37.3 Å². The van der Waals surface area contributed by atoms with E-state index in [0.29, 0.717) is 24.1 Å². The zero-order valence-electron chi connectivity index (χ0n) is 37.0. The lowest BCUT2D eigenvalue weighted by atomic mass is 10.1. The van der Waals surface area contributed by atoms with Crippen LogP contribution in [0.1, 0.15) is 155 Å². The van der Waals surface area contributed by atoms with Crippen molar-refractivity contribution in [3.05, 3.63) is 85.1 Å². The van der Waals surface area contributed by atoms with Crippen molar-refractivity contribution in [1.82, 2.24) is 0 Å². The number of ether oxygens (including phenoxy) is 2. The second kappa shape index (κ2) is 40.5. The molecule has 0 aromatic heterocycles. The highest BCUT2D eigenvalue weighted by atomic mass is 31.2. The Kier molecular flexibility index (Phi) is 38.8. The number of nitrogens with zero attached hydrogens (tertiary/aromatic N) is 1. The number of hydrogen-bond donors (Lipinski definition) is 0. The lowest BCUT2D eigenvalue weighted by molar-refractivity contribution is -0.870. The second-order valence-corrected chi connectivity index (χ2v) is 17.1. The first kappa shape index (κ1) is 54.7. The number of quaternary nitrogens is 1. The molecule has 0 heterocycles. The number of unbranched alkanes of at least 4 members (excludes halogenated alkanes) is 12. The summed E-state index contributed by atoms with van der Waals surface area (Å²) >= 11 is 0. The van der Waals surface area contributed by atoms with E-state index in [-0.39, 0.29) is 32.2 Å². The van der Waals surface area contributed by atoms with Crippen LogP contribution in [0.5, 0.6) is 0 Å². The van der Waals surface area contributed by atoms with Gasteiger partial charge in [0.15, 0.2) is 0 Å². The molecule has 0 N–H and O–H groups in total. The molecule has 9 heteroatoms. The Bertz CT molecular complexity index is 1180. The van der Waals surface area contributed by atoms with E-state index in [2.05, 4.69) is 98.9 Å². The minimum atomic E-state index is -4.54. The molecule has 0 amide bonds. The van der Waals surface area contributed by atoms with E-state index in [1.54, 1.807) is 0 Å². The fourth-order valence-corrected chi connectivity index (χ4v) is 6.21. The first-order valence-electron chi connectivity index (χ1n) is 22.3. The molecule has 0 aliphatic rings. The summed E-state index contributed by atoms with van der Waals surface area (Å²) in [4.78, 5) is 25.0. The third-order valence-corrected chi connectivity index (χ3v) is 9.89. The van der Waals surface area contributed by atoms with Gasteiger partial charge < -0.3 is 27.9 Å². The van der Waals surface area contributed by atoms with Gasteiger partial charge in [-0.3, -0.25) is 9.36 Å². The Morgan fingerprint density at radius 2 is 1.02 bits per heavy atom. The average Bonchev–Trinajstić information content (AvgIpc) is 3.16. The minimum Gasteiger partial charge on any atom is -0.756 e. The van der Waals surface area contributed by atoms with Crippen molar-refractivity contribution in [2.45, 2.75) is 161 Å². The highest BCUT2D eigenvalue weighted by Crippen LogP contribution is 2.38. The van der Waals surface area contributed by atoms with Crippen molar-refractivity contribution in [3.8, 4) is 0 Å². The fraction of sp³-hybridized carbons (Fsp3) is 0.688. The van der Waals surface area contributed by atoms with E-state index < -0.39 is 13.9 Å². The number of esters is 1. The van der Waals surface area contributed by atoms with Crippen LogP contribution in [-0.2, 0) is 27.9 Å². The Morgan fingerprint density at radius 3 is 1.53 bits per heavy atom. The summed E-state index contributed by atoms with van der Waals surface area (Å²) in [5.41, 5.74) is 0. The third-order valence-electron chi connectivity index (χ3n) is 8.93. The molecule has 2 atom stereocenters. The van der Waals surface area contributed by atoms with Crippen LogP contribution in [-0.4, -0.2) is 70.7 Å². The number of carbonyl (C=O) groups is 1. The number of allylic oxidation sites excluding steroid dienone is 14. The van der Waals surface area contributed by atoms with Gasteiger partial charge in [-0.25, -0.2) is 0 Å². The first-order valence-corrected chi connectivity index (χ1v) is 23.8. The maximum absolute atomic E-state index is 12.7. The SMILES string of the molecule is CC/C=C\C/C=C\C/C=C\C/C=C\CCCCC(=O)OC(COCCCCCCCCC/C=C\C/C=C\C/C=C\CCCCC)COP(=O)([O-])OCC[N+](C)(C)C. The minimum absolute atomic E-state index is 0.0110.